The van der Waals surface area contributed by atoms with Gasteiger partial charge in [-0.2, -0.15) is 0 Å². The molecule has 4 nitrogen and oxygen atoms in total. The van der Waals surface area contributed by atoms with Crippen LogP contribution in [0.5, 0.6) is 0 Å². The van der Waals surface area contributed by atoms with Crippen molar-refractivity contribution in [1.82, 2.24) is 0 Å². The van der Waals surface area contributed by atoms with Gasteiger partial charge >= 0.3 is 11.9 Å². The quantitative estimate of drug-likeness (QED) is 0.776. The molecule has 0 bridgehead atoms. The number of aryl methyl sites for hydroxylation is 3. The van der Waals surface area contributed by atoms with E-state index < -0.39 is 11.9 Å². The number of carboxylic acid groups (broad SMARTS) is 2. The minimum Gasteiger partial charge on any atom is -0.478 e. The van der Waals surface area contributed by atoms with Crippen LogP contribution in [0.2, 0.25) is 0 Å². The zero-order valence-electron chi connectivity index (χ0n) is 14.3. The molecule has 4 heteroatoms. The predicted octanol–water partition coefficient (Wildman–Crippen LogP) is 5.36. The predicted molar refractivity (Wildman–Crippen MR) is 99.1 cm³/mol. The summed E-state index contributed by atoms with van der Waals surface area (Å²) in [7, 11) is 0. The van der Waals surface area contributed by atoms with E-state index in [0.717, 1.165) is 6.07 Å². The molecule has 0 aromatic heterocycles. The van der Waals surface area contributed by atoms with Crippen LogP contribution in [0.4, 0.5) is 0 Å². The summed E-state index contributed by atoms with van der Waals surface area (Å²) in [6.45, 7) is 9.84. The molecule has 0 aliphatic rings. The number of hydrogen-bond donors (Lipinski definition) is 2. The molecular formula is C20H28O4. The van der Waals surface area contributed by atoms with Crippen LogP contribution in [-0.2, 0) is 0 Å². The molecule has 24 heavy (non-hydrogen) atoms. The molecule has 0 saturated carbocycles. The lowest BCUT2D eigenvalue weighted by molar-refractivity contribution is 0.0696. The van der Waals surface area contributed by atoms with E-state index in [-0.39, 0.29) is 18.6 Å². The van der Waals surface area contributed by atoms with E-state index in [0.29, 0.717) is 5.56 Å². The smallest absolute Gasteiger partial charge is 0.335 e. The van der Waals surface area contributed by atoms with Gasteiger partial charge < -0.3 is 10.2 Å². The first-order valence-electron chi connectivity index (χ1n) is 7.41. The van der Waals surface area contributed by atoms with Crippen LogP contribution in [-0.4, -0.2) is 22.2 Å². The molecule has 0 heterocycles. The second-order valence-corrected chi connectivity index (χ2v) is 4.85. The summed E-state index contributed by atoms with van der Waals surface area (Å²) in [6, 6.07) is 12.5. The summed E-state index contributed by atoms with van der Waals surface area (Å²) in [6.07, 6.45) is 0. The molecule has 2 N–H and O–H groups in total. The Kier molecular flexibility index (Phi) is 11.7. The van der Waals surface area contributed by atoms with Gasteiger partial charge in [-0.15, -0.1) is 0 Å². The summed E-state index contributed by atoms with van der Waals surface area (Å²) in [5, 5.41) is 17.2. The van der Waals surface area contributed by atoms with Gasteiger partial charge in [0.05, 0.1) is 11.1 Å². The normalized spacial score (nSPS) is 8.54. The molecule has 0 amide bonds. The fourth-order valence-corrected chi connectivity index (χ4v) is 1.67. The Bertz CT molecular complexity index is 590. The monoisotopic (exact) mass is 332 g/mol. The fourth-order valence-electron chi connectivity index (χ4n) is 1.67. The fraction of sp³-hybridized carbons (Fsp3) is 0.300. The van der Waals surface area contributed by atoms with Crippen LogP contribution < -0.4 is 0 Å². The zero-order valence-corrected chi connectivity index (χ0v) is 14.3. The van der Waals surface area contributed by atoms with Gasteiger partial charge in [-0.1, -0.05) is 56.7 Å². The molecule has 0 atom stereocenters. The van der Waals surface area contributed by atoms with Crippen LogP contribution in [0.3, 0.4) is 0 Å². The Balaban J connectivity index is 0. The average molecular weight is 332 g/mol. The van der Waals surface area contributed by atoms with Gasteiger partial charge in [0.25, 0.3) is 0 Å². The first-order chi connectivity index (χ1) is 10.8. The van der Waals surface area contributed by atoms with Crippen molar-refractivity contribution in [2.45, 2.75) is 42.0 Å². The van der Waals surface area contributed by atoms with Gasteiger partial charge in [0, 0.05) is 0 Å². The standard InChI is InChI=1S/C9H8O4.C8H10.C2H6.CH4/c1-5-2-6(8(10)11)4-7(3-5)9(12)13;1-7-3-5-8(2)6-4-7;1-2;/h2-4H,1H3,(H,10,11)(H,12,13);3-6H,1-2H3;1-2H3;1H4. The van der Waals surface area contributed by atoms with Gasteiger partial charge in [-0.3, -0.25) is 0 Å². The second-order valence-electron chi connectivity index (χ2n) is 4.85. The SMILES string of the molecule is C.CC.Cc1cc(C(=O)O)cc(C(=O)O)c1.Cc1ccc(C)cc1. The number of rotatable bonds is 2. The van der Waals surface area contributed by atoms with Crippen molar-refractivity contribution in [1.29, 1.82) is 0 Å². The van der Waals surface area contributed by atoms with Crippen molar-refractivity contribution >= 4 is 11.9 Å². The third-order valence-electron chi connectivity index (χ3n) is 2.79. The Morgan fingerprint density at radius 3 is 1.21 bits per heavy atom. The first kappa shape index (κ1) is 23.6. The van der Waals surface area contributed by atoms with Crippen molar-refractivity contribution in [3.63, 3.8) is 0 Å². The molecule has 0 fully saturated rings. The number of aromatic carboxylic acids is 2. The van der Waals surface area contributed by atoms with E-state index >= 15 is 0 Å². The Hall–Kier alpha value is -2.62. The third kappa shape index (κ3) is 8.73. The highest BCUT2D eigenvalue weighted by atomic mass is 16.4. The highest BCUT2D eigenvalue weighted by molar-refractivity contribution is 5.94. The summed E-state index contributed by atoms with van der Waals surface area (Å²) < 4.78 is 0. The maximum atomic E-state index is 10.5. The number of carboxylic acids is 2. The molecule has 0 aliphatic heterocycles. The second kappa shape index (κ2) is 11.9. The molecule has 2 rings (SSSR count). The largest absolute Gasteiger partial charge is 0.478 e. The minimum absolute atomic E-state index is 0. The third-order valence-corrected chi connectivity index (χ3v) is 2.79. The topological polar surface area (TPSA) is 74.6 Å². The van der Waals surface area contributed by atoms with Gasteiger partial charge in [-0.05, 0) is 44.5 Å². The van der Waals surface area contributed by atoms with Gasteiger partial charge in [0.15, 0.2) is 0 Å². The zero-order chi connectivity index (χ0) is 18.0. The summed E-state index contributed by atoms with van der Waals surface area (Å²) >= 11 is 0. The molecule has 2 aromatic carbocycles. The molecule has 2 aromatic rings. The minimum atomic E-state index is -1.12. The Labute approximate surface area is 144 Å². The lowest BCUT2D eigenvalue weighted by atomic mass is 10.1. The molecule has 0 spiro atoms. The molecule has 0 radical (unpaired) electrons. The Morgan fingerprint density at radius 1 is 0.667 bits per heavy atom. The average Bonchev–Trinajstić information content (AvgIpc) is 2.52. The lowest BCUT2D eigenvalue weighted by Crippen LogP contribution is -2.02. The van der Waals surface area contributed by atoms with Crippen LogP contribution >= 0.6 is 0 Å². The summed E-state index contributed by atoms with van der Waals surface area (Å²) in [4.78, 5) is 21.1. The van der Waals surface area contributed by atoms with Crippen molar-refractivity contribution < 1.29 is 19.8 Å². The first-order valence-corrected chi connectivity index (χ1v) is 7.41. The summed E-state index contributed by atoms with van der Waals surface area (Å²) in [5.41, 5.74) is 3.28. The van der Waals surface area contributed by atoms with Crippen LogP contribution in [0.15, 0.2) is 42.5 Å². The van der Waals surface area contributed by atoms with Crippen molar-refractivity contribution in [2.24, 2.45) is 0 Å². The van der Waals surface area contributed by atoms with E-state index in [9.17, 15) is 9.59 Å². The van der Waals surface area contributed by atoms with Crippen molar-refractivity contribution in [3.05, 3.63) is 70.3 Å². The van der Waals surface area contributed by atoms with Crippen molar-refractivity contribution in [3.8, 4) is 0 Å². The summed E-state index contributed by atoms with van der Waals surface area (Å²) in [5.74, 6) is -2.24. The van der Waals surface area contributed by atoms with E-state index in [4.69, 9.17) is 10.2 Å². The van der Waals surface area contributed by atoms with E-state index in [2.05, 4.69) is 38.1 Å². The number of hydrogen-bond acceptors (Lipinski definition) is 2. The molecule has 0 saturated heterocycles. The lowest BCUT2D eigenvalue weighted by Gasteiger charge is -1.99. The van der Waals surface area contributed by atoms with E-state index in [1.807, 2.05) is 13.8 Å². The number of benzene rings is 2. The van der Waals surface area contributed by atoms with Crippen LogP contribution in [0, 0.1) is 20.8 Å². The molecule has 132 valence electrons. The molecular weight excluding hydrogens is 304 g/mol. The maximum absolute atomic E-state index is 10.5. The highest BCUT2D eigenvalue weighted by Crippen LogP contribution is 2.09. The number of carbonyl (C=O) groups is 2. The van der Waals surface area contributed by atoms with Gasteiger partial charge in [-0.25, -0.2) is 9.59 Å². The van der Waals surface area contributed by atoms with E-state index in [1.165, 1.54) is 23.3 Å². The van der Waals surface area contributed by atoms with E-state index in [1.54, 1.807) is 6.92 Å². The highest BCUT2D eigenvalue weighted by Gasteiger charge is 2.09. The van der Waals surface area contributed by atoms with Crippen molar-refractivity contribution in [2.75, 3.05) is 0 Å². The molecule has 0 aliphatic carbocycles. The van der Waals surface area contributed by atoms with Crippen LogP contribution in [0.25, 0.3) is 0 Å². The molecule has 0 unspecified atom stereocenters. The van der Waals surface area contributed by atoms with Gasteiger partial charge in [0.2, 0.25) is 0 Å². The van der Waals surface area contributed by atoms with Crippen LogP contribution in [0.1, 0.15) is 58.7 Å². The van der Waals surface area contributed by atoms with Gasteiger partial charge in [0.1, 0.15) is 0 Å². The Morgan fingerprint density at radius 2 is 0.958 bits per heavy atom. The maximum Gasteiger partial charge on any atom is 0.335 e.